The van der Waals surface area contributed by atoms with E-state index in [4.69, 9.17) is 4.98 Å². The van der Waals surface area contributed by atoms with Gasteiger partial charge >= 0.3 is 0 Å². The molecule has 1 aliphatic heterocycles. The molecule has 3 aromatic carbocycles. The third kappa shape index (κ3) is 1.51. The van der Waals surface area contributed by atoms with E-state index in [9.17, 15) is 0 Å². The summed E-state index contributed by atoms with van der Waals surface area (Å²) in [5.41, 5.74) is 6.29. The summed E-state index contributed by atoms with van der Waals surface area (Å²) >= 11 is 0. The second kappa shape index (κ2) is 4.53. The molecule has 5 aromatic rings. The van der Waals surface area contributed by atoms with Crippen LogP contribution in [0.2, 0.25) is 0 Å². The quantitative estimate of drug-likeness (QED) is 0.341. The van der Waals surface area contributed by atoms with E-state index in [1.54, 1.807) is 0 Å². The summed E-state index contributed by atoms with van der Waals surface area (Å²) in [5, 5.41) is 5.02. The molecule has 0 aliphatic carbocycles. The van der Waals surface area contributed by atoms with Gasteiger partial charge < -0.3 is 0 Å². The van der Waals surface area contributed by atoms with Crippen LogP contribution in [-0.2, 0) is 5.41 Å². The number of benzene rings is 3. The SMILES string of the molecule is CC1(C)c2ccccc2-n2c3ncc4ccccc4c3c3cccc1c32. The average molecular weight is 334 g/mol. The number of hydrogen-bond donors (Lipinski definition) is 0. The van der Waals surface area contributed by atoms with E-state index < -0.39 is 0 Å². The van der Waals surface area contributed by atoms with Gasteiger partial charge in [-0.15, -0.1) is 0 Å². The maximum absolute atomic E-state index is 4.90. The predicted molar refractivity (Wildman–Crippen MR) is 108 cm³/mol. The van der Waals surface area contributed by atoms with Crippen molar-refractivity contribution in [1.82, 2.24) is 9.55 Å². The lowest BCUT2D eigenvalue weighted by Gasteiger charge is -2.34. The third-order valence-electron chi connectivity index (χ3n) is 6.01. The Morgan fingerprint density at radius 1 is 0.769 bits per heavy atom. The molecule has 0 spiro atoms. The highest BCUT2D eigenvalue weighted by Crippen LogP contribution is 2.47. The molecule has 2 nitrogen and oxygen atoms in total. The molecule has 2 heteroatoms. The molecule has 124 valence electrons. The van der Waals surface area contributed by atoms with Crippen LogP contribution in [-0.4, -0.2) is 9.55 Å². The molecular weight excluding hydrogens is 316 g/mol. The standard InChI is InChI=1S/C24H18N2/c1-24(2)18-11-5-6-13-20(18)26-22-17(10-7-12-19(22)24)21-16-9-4-3-8-15(16)14-25-23(21)26/h3-14H,1-2H3. The van der Waals surface area contributed by atoms with Gasteiger partial charge in [-0.3, -0.25) is 4.57 Å². The van der Waals surface area contributed by atoms with Gasteiger partial charge in [-0.2, -0.15) is 0 Å². The van der Waals surface area contributed by atoms with Gasteiger partial charge in [0.25, 0.3) is 0 Å². The highest BCUT2D eigenvalue weighted by Gasteiger charge is 2.35. The van der Waals surface area contributed by atoms with Gasteiger partial charge in [-0.05, 0) is 22.6 Å². The van der Waals surface area contributed by atoms with Crippen LogP contribution < -0.4 is 0 Å². The maximum atomic E-state index is 4.90. The van der Waals surface area contributed by atoms with Gasteiger partial charge in [-0.1, -0.05) is 74.5 Å². The number of para-hydroxylation sites is 2. The Balaban J connectivity index is 1.97. The van der Waals surface area contributed by atoms with E-state index in [1.165, 1.54) is 43.9 Å². The zero-order valence-corrected chi connectivity index (χ0v) is 14.8. The molecule has 0 bridgehead atoms. The van der Waals surface area contributed by atoms with Crippen LogP contribution in [0.5, 0.6) is 0 Å². The van der Waals surface area contributed by atoms with E-state index >= 15 is 0 Å². The number of hydrogen-bond acceptors (Lipinski definition) is 1. The molecule has 0 unspecified atom stereocenters. The Labute approximate surface area is 151 Å². The van der Waals surface area contributed by atoms with Crippen molar-refractivity contribution in [3.63, 3.8) is 0 Å². The molecule has 6 rings (SSSR count). The molecule has 0 atom stereocenters. The molecule has 0 N–H and O–H groups in total. The van der Waals surface area contributed by atoms with E-state index in [-0.39, 0.29) is 5.41 Å². The minimum Gasteiger partial charge on any atom is -0.293 e. The highest BCUT2D eigenvalue weighted by atomic mass is 15.1. The lowest BCUT2D eigenvalue weighted by molar-refractivity contribution is 0.630. The first-order valence-electron chi connectivity index (χ1n) is 9.09. The van der Waals surface area contributed by atoms with Gasteiger partial charge in [0.2, 0.25) is 0 Å². The average Bonchev–Trinajstić information content (AvgIpc) is 3.02. The fraction of sp³-hybridized carbons (Fsp3) is 0.125. The van der Waals surface area contributed by atoms with Crippen LogP contribution in [0.15, 0.2) is 72.9 Å². The highest BCUT2D eigenvalue weighted by molar-refractivity contribution is 6.21. The molecule has 0 amide bonds. The number of aromatic nitrogens is 2. The van der Waals surface area contributed by atoms with Crippen molar-refractivity contribution in [2.45, 2.75) is 19.3 Å². The normalized spacial score (nSPS) is 14.8. The minimum absolute atomic E-state index is 0.0315. The van der Waals surface area contributed by atoms with Crippen LogP contribution in [0.1, 0.15) is 25.0 Å². The number of pyridine rings is 1. The van der Waals surface area contributed by atoms with E-state index in [0.29, 0.717) is 0 Å². The first-order valence-corrected chi connectivity index (χ1v) is 9.09. The summed E-state index contributed by atoms with van der Waals surface area (Å²) in [6.07, 6.45) is 2.00. The second-order valence-corrected chi connectivity index (χ2v) is 7.72. The van der Waals surface area contributed by atoms with Crippen molar-refractivity contribution >= 4 is 32.7 Å². The Kier molecular flexibility index (Phi) is 2.45. The zero-order valence-electron chi connectivity index (χ0n) is 14.8. The van der Waals surface area contributed by atoms with Crippen LogP contribution in [0.3, 0.4) is 0 Å². The van der Waals surface area contributed by atoms with Gasteiger partial charge in [-0.25, -0.2) is 4.98 Å². The van der Waals surface area contributed by atoms with Crippen molar-refractivity contribution < 1.29 is 0 Å². The topological polar surface area (TPSA) is 17.8 Å². The zero-order chi connectivity index (χ0) is 17.5. The van der Waals surface area contributed by atoms with Gasteiger partial charge in [0.15, 0.2) is 0 Å². The molecular formula is C24H18N2. The molecule has 2 aromatic heterocycles. The Morgan fingerprint density at radius 3 is 2.42 bits per heavy atom. The van der Waals surface area contributed by atoms with Crippen LogP contribution in [0.4, 0.5) is 0 Å². The molecule has 1 aliphatic rings. The number of fused-ring (bicyclic) bond motifs is 7. The third-order valence-corrected chi connectivity index (χ3v) is 6.01. The molecule has 0 saturated carbocycles. The fourth-order valence-corrected chi connectivity index (χ4v) is 4.76. The van der Waals surface area contributed by atoms with Crippen LogP contribution in [0, 0.1) is 0 Å². The van der Waals surface area contributed by atoms with Gasteiger partial charge in [0.1, 0.15) is 5.65 Å². The first kappa shape index (κ1) is 14.1. The minimum atomic E-state index is -0.0315. The molecule has 3 heterocycles. The maximum Gasteiger partial charge on any atom is 0.146 e. The molecule has 0 radical (unpaired) electrons. The largest absolute Gasteiger partial charge is 0.293 e. The van der Waals surface area contributed by atoms with Crippen molar-refractivity contribution in [2.24, 2.45) is 0 Å². The fourth-order valence-electron chi connectivity index (χ4n) is 4.76. The number of nitrogens with zero attached hydrogens (tertiary/aromatic N) is 2. The predicted octanol–water partition coefficient (Wildman–Crippen LogP) is 5.97. The smallest absolute Gasteiger partial charge is 0.146 e. The first-order chi connectivity index (χ1) is 12.7. The van der Waals surface area contributed by atoms with Crippen LogP contribution >= 0.6 is 0 Å². The van der Waals surface area contributed by atoms with Crippen molar-refractivity contribution in [1.29, 1.82) is 0 Å². The summed E-state index contributed by atoms with van der Waals surface area (Å²) in [4.78, 5) is 4.90. The Morgan fingerprint density at radius 2 is 1.50 bits per heavy atom. The van der Waals surface area contributed by atoms with Crippen LogP contribution in [0.25, 0.3) is 38.4 Å². The molecule has 0 fully saturated rings. The van der Waals surface area contributed by atoms with Crippen molar-refractivity contribution in [2.75, 3.05) is 0 Å². The number of rotatable bonds is 0. The second-order valence-electron chi connectivity index (χ2n) is 7.72. The lowest BCUT2D eigenvalue weighted by atomic mass is 9.75. The van der Waals surface area contributed by atoms with Gasteiger partial charge in [0.05, 0.1) is 11.2 Å². The lowest BCUT2D eigenvalue weighted by Crippen LogP contribution is -2.26. The van der Waals surface area contributed by atoms with E-state index in [1.807, 2.05) is 6.20 Å². The Hall–Kier alpha value is -3.13. The van der Waals surface area contributed by atoms with E-state index in [0.717, 1.165) is 5.65 Å². The monoisotopic (exact) mass is 334 g/mol. The summed E-state index contributed by atoms with van der Waals surface area (Å²) in [7, 11) is 0. The summed E-state index contributed by atoms with van der Waals surface area (Å²) < 4.78 is 2.37. The Bertz CT molecular complexity index is 1360. The van der Waals surface area contributed by atoms with E-state index in [2.05, 4.69) is 85.1 Å². The van der Waals surface area contributed by atoms with Crippen molar-refractivity contribution in [3.8, 4) is 5.69 Å². The summed E-state index contributed by atoms with van der Waals surface area (Å²) in [5.74, 6) is 0. The summed E-state index contributed by atoms with van der Waals surface area (Å²) in [6, 6.07) is 24.0. The molecule has 0 saturated heterocycles. The van der Waals surface area contributed by atoms with Crippen molar-refractivity contribution in [3.05, 3.63) is 84.1 Å². The molecule has 26 heavy (non-hydrogen) atoms. The summed E-state index contributed by atoms with van der Waals surface area (Å²) in [6.45, 7) is 4.65. The van der Waals surface area contributed by atoms with Gasteiger partial charge in [0, 0.05) is 27.8 Å².